The molecule has 0 aliphatic heterocycles. The van der Waals surface area contributed by atoms with Crippen LogP contribution >= 0.6 is 11.6 Å². The molecular formula is C21H22ClFN6O2. The molecule has 0 saturated heterocycles. The molecule has 0 fully saturated rings. The highest BCUT2D eigenvalue weighted by molar-refractivity contribution is 6.33. The highest BCUT2D eigenvalue weighted by Crippen LogP contribution is 2.25. The van der Waals surface area contributed by atoms with Gasteiger partial charge in [-0.1, -0.05) is 32.4 Å². The second-order valence-corrected chi connectivity index (χ2v) is 8.21. The Morgan fingerprint density at radius 3 is 2.52 bits per heavy atom. The Morgan fingerprint density at radius 1 is 1.16 bits per heavy atom. The van der Waals surface area contributed by atoms with Gasteiger partial charge in [-0.25, -0.2) is 14.4 Å². The summed E-state index contributed by atoms with van der Waals surface area (Å²) in [4.78, 5) is 33.0. The van der Waals surface area contributed by atoms with Crippen LogP contribution < -0.4 is 10.6 Å². The van der Waals surface area contributed by atoms with E-state index >= 15 is 0 Å². The van der Waals surface area contributed by atoms with E-state index in [0.717, 1.165) is 17.8 Å². The molecule has 10 heteroatoms. The van der Waals surface area contributed by atoms with Crippen molar-refractivity contribution in [1.82, 2.24) is 25.1 Å². The standard InChI is InChI=1S/C21H22ClFN6O2/c1-21(2,3)16-12-17(29(28-16)20-25-8-4-9-26-20)27-18(30)7-10-24-19(31)14-6-5-13(23)11-15(14)22/h4-6,8-9,11-12H,7,10H2,1-3H3,(H,24,31)(H,27,30). The van der Waals surface area contributed by atoms with E-state index in [1.165, 1.54) is 10.7 Å². The Labute approximate surface area is 183 Å². The number of benzene rings is 1. The van der Waals surface area contributed by atoms with Crippen LogP contribution in [-0.4, -0.2) is 38.1 Å². The summed E-state index contributed by atoms with van der Waals surface area (Å²) in [6.45, 7) is 6.09. The molecule has 0 aliphatic rings. The lowest BCUT2D eigenvalue weighted by Gasteiger charge is -2.13. The summed E-state index contributed by atoms with van der Waals surface area (Å²) >= 11 is 5.89. The van der Waals surface area contributed by atoms with Crippen LogP contribution in [0.2, 0.25) is 5.02 Å². The van der Waals surface area contributed by atoms with Crippen molar-refractivity contribution in [3.8, 4) is 5.95 Å². The normalized spacial score (nSPS) is 11.3. The monoisotopic (exact) mass is 444 g/mol. The minimum Gasteiger partial charge on any atom is -0.351 e. The van der Waals surface area contributed by atoms with Crippen molar-refractivity contribution in [2.75, 3.05) is 11.9 Å². The SMILES string of the molecule is CC(C)(C)c1cc(NC(=O)CCNC(=O)c2ccc(F)cc2Cl)n(-c2ncccn2)n1. The number of hydrogen-bond donors (Lipinski definition) is 2. The lowest BCUT2D eigenvalue weighted by Crippen LogP contribution is -2.28. The van der Waals surface area contributed by atoms with Gasteiger partial charge in [0.05, 0.1) is 16.3 Å². The number of amides is 2. The summed E-state index contributed by atoms with van der Waals surface area (Å²) < 4.78 is 14.6. The van der Waals surface area contributed by atoms with Gasteiger partial charge in [-0.15, -0.1) is 0 Å². The molecule has 2 heterocycles. The fourth-order valence-corrected chi connectivity index (χ4v) is 2.91. The number of halogens is 2. The zero-order valence-electron chi connectivity index (χ0n) is 17.3. The lowest BCUT2D eigenvalue weighted by atomic mass is 9.92. The minimum absolute atomic E-state index is 0.00317. The molecule has 162 valence electrons. The number of carbonyl (C=O) groups is 2. The predicted octanol–water partition coefficient (Wildman–Crippen LogP) is 3.51. The van der Waals surface area contributed by atoms with Gasteiger partial charge in [0.2, 0.25) is 5.91 Å². The number of aromatic nitrogens is 4. The Bertz CT molecular complexity index is 1090. The Kier molecular flexibility index (Phi) is 6.65. The maximum absolute atomic E-state index is 13.1. The van der Waals surface area contributed by atoms with Gasteiger partial charge in [0, 0.05) is 36.8 Å². The van der Waals surface area contributed by atoms with E-state index in [2.05, 4.69) is 25.7 Å². The second kappa shape index (κ2) is 9.22. The molecule has 0 saturated carbocycles. The first-order chi connectivity index (χ1) is 14.6. The third-order valence-electron chi connectivity index (χ3n) is 4.30. The summed E-state index contributed by atoms with van der Waals surface area (Å²) in [5.74, 6) is -0.602. The van der Waals surface area contributed by atoms with E-state index in [1.54, 1.807) is 24.5 Å². The Morgan fingerprint density at radius 2 is 1.87 bits per heavy atom. The smallest absolute Gasteiger partial charge is 0.252 e. The summed E-state index contributed by atoms with van der Waals surface area (Å²) in [7, 11) is 0. The van der Waals surface area contributed by atoms with E-state index in [-0.39, 0.29) is 34.9 Å². The average molecular weight is 445 g/mol. The van der Waals surface area contributed by atoms with Crippen molar-refractivity contribution in [1.29, 1.82) is 0 Å². The molecule has 3 aromatic rings. The number of rotatable bonds is 6. The zero-order chi connectivity index (χ0) is 22.6. The molecule has 2 N–H and O–H groups in total. The molecule has 1 aromatic carbocycles. The molecule has 0 bridgehead atoms. The number of carbonyl (C=O) groups excluding carboxylic acids is 2. The van der Waals surface area contributed by atoms with Crippen LogP contribution in [0, 0.1) is 5.82 Å². The third-order valence-corrected chi connectivity index (χ3v) is 4.61. The fraction of sp³-hybridized carbons (Fsp3) is 0.286. The summed E-state index contributed by atoms with van der Waals surface area (Å²) in [6, 6.07) is 6.95. The highest BCUT2D eigenvalue weighted by atomic mass is 35.5. The molecular weight excluding hydrogens is 423 g/mol. The van der Waals surface area contributed by atoms with Crippen LogP contribution in [0.5, 0.6) is 0 Å². The molecule has 0 radical (unpaired) electrons. The number of hydrogen-bond acceptors (Lipinski definition) is 5. The molecule has 0 atom stereocenters. The maximum atomic E-state index is 13.1. The molecule has 0 spiro atoms. The van der Waals surface area contributed by atoms with Crippen LogP contribution in [0.3, 0.4) is 0 Å². The van der Waals surface area contributed by atoms with Gasteiger partial charge >= 0.3 is 0 Å². The summed E-state index contributed by atoms with van der Waals surface area (Å²) in [6.07, 6.45) is 3.18. The number of nitrogens with zero attached hydrogens (tertiary/aromatic N) is 4. The lowest BCUT2D eigenvalue weighted by molar-refractivity contribution is -0.116. The highest BCUT2D eigenvalue weighted by Gasteiger charge is 2.22. The van der Waals surface area contributed by atoms with E-state index < -0.39 is 11.7 Å². The molecule has 31 heavy (non-hydrogen) atoms. The molecule has 2 aromatic heterocycles. The average Bonchev–Trinajstić information content (AvgIpc) is 3.12. The van der Waals surface area contributed by atoms with Crippen LogP contribution in [0.4, 0.5) is 10.2 Å². The van der Waals surface area contributed by atoms with Gasteiger partial charge in [0.1, 0.15) is 11.6 Å². The first kappa shape index (κ1) is 22.4. The molecule has 3 rings (SSSR count). The topological polar surface area (TPSA) is 102 Å². The predicted molar refractivity (Wildman–Crippen MR) is 115 cm³/mol. The Balaban J connectivity index is 1.66. The Hall–Kier alpha value is -3.33. The van der Waals surface area contributed by atoms with Crippen molar-refractivity contribution in [3.05, 3.63) is 64.8 Å². The minimum atomic E-state index is -0.533. The number of nitrogens with one attached hydrogen (secondary N) is 2. The van der Waals surface area contributed by atoms with Crippen LogP contribution in [-0.2, 0) is 10.2 Å². The fourth-order valence-electron chi connectivity index (χ4n) is 2.65. The van der Waals surface area contributed by atoms with Gasteiger partial charge in [0.15, 0.2) is 0 Å². The van der Waals surface area contributed by atoms with Crippen LogP contribution in [0.15, 0.2) is 42.7 Å². The summed E-state index contributed by atoms with van der Waals surface area (Å²) in [5, 5.41) is 9.92. The van der Waals surface area contributed by atoms with Gasteiger partial charge in [0.25, 0.3) is 11.9 Å². The summed E-state index contributed by atoms with van der Waals surface area (Å²) in [5.41, 5.74) is 0.647. The van der Waals surface area contributed by atoms with Gasteiger partial charge < -0.3 is 10.6 Å². The van der Waals surface area contributed by atoms with Crippen molar-refractivity contribution in [2.24, 2.45) is 0 Å². The molecule has 0 unspecified atom stereocenters. The van der Waals surface area contributed by atoms with Crippen LogP contribution in [0.25, 0.3) is 5.95 Å². The van der Waals surface area contributed by atoms with Crippen molar-refractivity contribution >= 4 is 29.2 Å². The quantitative estimate of drug-likeness (QED) is 0.605. The maximum Gasteiger partial charge on any atom is 0.252 e. The third kappa shape index (κ3) is 5.64. The van der Waals surface area contributed by atoms with Crippen molar-refractivity contribution in [3.63, 3.8) is 0 Å². The van der Waals surface area contributed by atoms with E-state index in [1.807, 2.05) is 20.8 Å². The van der Waals surface area contributed by atoms with E-state index in [9.17, 15) is 14.0 Å². The van der Waals surface area contributed by atoms with Gasteiger partial charge in [-0.05, 0) is 24.3 Å². The second-order valence-electron chi connectivity index (χ2n) is 7.80. The molecule has 8 nitrogen and oxygen atoms in total. The number of anilines is 1. The zero-order valence-corrected chi connectivity index (χ0v) is 18.1. The first-order valence-corrected chi connectivity index (χ1v) is 9.94. The molecule has 0 aliphatic carbocycles. The first-order valence-electron chi connectivity index (χ1n) is 9.56. The van der Waals surface area contributed by atoms with Gasteiger partial charge in [-0.3, -0.25) is 9.59 Å². The largest absolute Gasteiger partial charge is 0.351 e. The van der Waals surface area contributed by atoms with Gasteiger partial charge in [-0.2, -0.15) is 9.78 Å². The van der Waals surface area contributed by atoms with E-state index in [0.29, 0.717) is 11.8 Å². The van der Waals surface area contributed by atoms with Crippen molar-refractivity contribution < 1.29 is 14.0 Å². The van der Waals surface area contributed by atoms with E-state index in [4.69, 9.17) is 11.6 Å². The molecule has 2 amide bonds. The van der Waals surface area contributed by atoms with Crippen molar-refractivity contribution in [2.45, 2.75) is 32.6 Å². The van der Waals surface area contributed by atoms with Crippen LogP contribution in [0.1, 0.15) is 43.2 Å².